The summed E-state index contributed by atoms with van der Waals surface area (Å²) < 4.78 is 2.31. The summed E-state index contributed by atoms with van der Waals surface area (Å²) in [6.07, 6.45) is 1.83. The van der Waals surface area contributed by atoms with Gasteiger partial charge in [-0.3, -0.25) is 9.55 Å². The fourth-order valence-electron chi connectivity index (χ4n) is 5.55. The molecule has 3 heterocycles. The zero-order valence-electron chi connectivity index (χ0n) is 19.2. The molecule has 7 rings (SSSR count). The van der Waals surface area contributed by atoms with Gasteiger partial charge in [-0.15, -0.1) is 0 Å². The maximum atomic E-state index is 5.04. The molecule has 0 saturated heterocycles. The van der Waals surface area contributed by atoms with Crippen molar-refractivity contribution in [2.45, 2.75) is 19.3 Å². The fourth-order valence-corrected chi connectivity index (χ4v) is 5.55. The molecule has 0 radical (unpaired) electrons. The van der Waals surface area contributed by atoms with Gasteiger partial charge < -0.3 is 0 Å². The Morgan fingerprint density at radius 3 is 2.44 bits per heavy atom. The number of para-hydroxylation sites is 1. The number of nitrogens with zero attached hydrogens (tertiary/aromatic N) is 3. The van der Waals surface area contributed by atoms with E-state index in [9.17, 15) is 0 Å². The summed E-state index contributed by atoms with van der Waals surface area (Å²) in [5.74, 6) is 0.887. The van der Waals surface area contributed by atoms with Gasteiger partial charge in [0.2, 0.25) is 0 Å². The Balaban J connectivity index is 1.54. The fraction of sp³-hybridized carbons (Fsp3) is 0.0968. The summed E-state index contributed by atoms with van der Waals surface area (Å²) in [5, 5.41) is 2.54. The quantitative estimate of drug-likeness (QED) is 0.280. The van der Waals surface area contributed by atoms with Crippen LogP contribution in [0.1, 0.15) is 25.0 Å². The first-order valence-electron chi connectivity index (χ1n) is 11.7. The predicted molar refractivity (Wildman–Crippen MR) is 139 cm³/mol. The molecule has 6 aromatic rings. The molecule has 0 bridgehead atoms. The van der Waals surface area contributed by atoms with Gasteiger partial charge in [0.05, 0.1) is 16.7 Å². The Morgan fingerprint density at radius 1 is 0.735 bits per heavy atom. The minimum Gasteiger partial charge on any atom is -0.290 e. The van der Waals surface area contributed by atoms with E-state index in [1.165, 1.54) is 44.2 Å². The van der Waals surface area contributed by atoms with Crippen LogP contribution in [0.3, 0.4) is 0 Å². The average molecular weight is 438 g/mol. The third-order valence-electron chi connectivity index (χ3n) is 7.26. The van der Waals surface area contributed by atoms with E-state index in [4.69, 9.17) is 4.98 Å². The van der Waals surface area contributed by atoms with Crippen LogP contribution in [0.2, 0.25) is 0 Å². The Labute approximate surface area is 198 Å². The summed E-state index contributed by atoms with van der Waals surface area (Å²) in [6.45, 7) is 4.65. The van der Waals surface area contributed by atoms with E-state index in [0.717, 1.165) is 17.0 Å². The molecule has 0 amide bonds. The van der Waals surface area contributed by atoms with Gasteiger partial charge in [-0.2, -0.15) is 0 Å². The van der Waals surface area contributed by atoms with E-state index in [2.05, 4.69) is 102 Å². The van der Waals surface area contributed by atoms with Crippen molar-refractivity contribution in [3.8, 4) is 28.3 Å². The maximum absolute atomic E-state index is 5.04. The summed E-state index contributed by atoms with van der Waals surface area (Å²) >= 11 is 0. The third-order valence-corrected chi connectivity index (χ3v) is 7.26. The van der Waals surface area contributed by atoms with Crippen LogP contribution in [0.15, 0.2) is 103 Å². The maximum Gasteiger partial charge on any atom is 0.164 e. The van der Waals surface area contributed by atoms with E-state index in [1.807, 2.05) is 24.4 Å². The van der Waals surface area contributed by atoms with Crippen LogP contribution in [0.5, 0.6) is 0 Å². The summed E-state index contributed by atoms with van der Waals surface area (Å²) in [7, 11) is 0. The molecular formula is C31H23N3. The van der Waals surface area contributed by atoms with Gasteiger partial charge in [-0.1, -0.05) is 80.6 Å². The standard InChI is InChI=1S/C31H23N3/c1-31(2)24-13-8-15-26-29(24)34(30(33-26)27-14-5-6-18-32-27)28-17-16-21(19-25(28)31)23-12-7-10-20-9-3-4-11-22(20)23/h3-19H,1-2H3. The molecule has 1 aliphatic rings. The van der Waals surface area contributed by atoms with Crippen LogP contribution >= 0.6 is 0 Å². The molecule has 34 heavy (non-hydrogen) atoms. The first-order chi connectivity index (χ1) is 16.6. The SMILES string of the molecule is CC1(C)c2cc(-c3cccc4ccccc34)ccc2-n2c(-c3ccccn3)nc3cccc1c32. The summed E-state index contributed by atoms with van der Waals surface area (Å²) in [6, 6.07) is 34.5. The second kappa shape index (κ2) is 6.88. The highest BCUT2D eigenvalue weighted by Gasteiger charge is 2.36. The van der Waals surface area contributed by atoms with Crippen LogP contribution in [-0.2, 0) is 5.41 Å². The van der Waals surface area contributed by atoms with Gasteiger partial charge in [-0.25, -0.2) is 4.98 Å². The Hall–Kier alpha value is -4.24. The smallest absolute Gasteiger partial charge is 0.164 e. The molecule has 0 fully saturated rings. The number of fused-ring (bicyclic) bond motifs is 3. The number of hydrogen-bond donors (Lipinski definition) is 0. The lowest BCUT2D eigenvalue weighted by molar-refractivity contribution is 0.629. The van der Waals surface area contributed by atoms with Crippen molar-refractivity contribution < 1.29 is 0 Å². The van der Waals surface area contributed by atoms with Gasteiger partial charge in [0.15, 0.2) is 5.82 Å². The number of hydrogen-bond acceptors (Lipinski definition) is 2. The summed E-state index contributed by atoms with van der Waals surface area (Å²) in [5.41, 5.74) is 9.18. The van der Waals surface area contributed by atoms with Crippen LogP contribution in [0, 0.1) is 0 Å². The van der Waals surface area contributed by atoms with Crippen molar-refractivity contribution in [3.63, 3.8) is 0 Å². The van der Waals surface area contributed by atoms with E-state index in [-0.39, 0.29) is 5.41 Å². The largest absolute Gasteiger partial charge is 0.290 e. The molecule has 3 heteroatoms. The van der Waals surface area contributed by atoms with Crippen molar-refractivity contribution in [1.82, 2.24) is 14.5 Å². The lowest BCUT2D eigenvalue weighted by Gasteiger charge is -2.35. The zero-order chi connectivity index (χ0) is 22.9. The lowest BCUT2D eigenvalue weighted by atomic mass is 9.74. The molecule has 0 N–H and O–H groups in total. The molecule has 0 spiro atoms. The van der Waals surface area contributed by atoms with E-state index in [0.29, 0.717) is 0 Å². The number of pyridine rings is 1. The molecule has 3 nitrogen and oxygen atoms in total. The third kappa shape index (κ3) is 2.58. The van der Waals surface area contributed by atoms with Gasteiger partial charge >= 0.3 is 0 Å². The molecule has 0 unspecified atom stereocenters. The van der Waals surface area contributed by atoms with Crippen LogP contribution in [-0.4, -0.2) is 14.5 Å². The van der Waals surface area contributed by atoms with Gasteiger partial charge in [0.25, 0.3) is 0 Å². The number of benzene rings is 4. The average Bonchev–Trinajstić information content (AvgIpc) is 3.28. The highest BCUT2D eigenvalue weighted by Crippen LogP contribution is 2.47. The van der Waals surface area contributed by atoms with E-state index >= 15 is 0 Å². The molecule has 0 aliphatic carbocycles. The Bertz CT molecular complexity index is 1720. The van der Waals surface area contributed by atoms with Crippen LogP contribution < -0.4 is 0 Å². The van der Waals surface area contributed by atoms with Gasteiger partial charge in [0, 0.05) is 11.6 Å². The Kier molecular flexibility index (Phi) is 3.89. The normalized spacial score (nSPS) is 13.8. The number of aromatic nitrogens is 3. The minimum atomic E-state index is -0.160. The molecule has 0 saturated carbocycles. The topological polar surface area (TPSA) is 30.7 Å². The highest BCUT2D eigenvalue weighted by molar-refractivity contribution is 5.97. The monoisotopic (exact) mass is 437 g/mol. The van der Waals surface area contributed by atoms with Crippen molar-refractivity contribution in [2.24, 2.45) is 0 Å². The van der Waals surface area contributed by atoms with E-state index < -0.39 is 0 Å². The van der Waals surface area contributed by atoms with Crippen molar-refractivity contribution in [1.29, 1.82) is 0 Å². The Morgan fingerprint density at radius 2 is 1.56 bits per heavy atom. The van der Waals surface area contributed by atoms with E-state index in [1.54, 1.807) is 0 Å². The summed E-state index contributed by atoms with van der Waals surface area (Å²) in [4.78, 5) is 9.67. The van der Waals surface area contributed by atoms with Crippen molar-refractivity contribution in [2.75, 3.05) is 0 Å². The second-order valence-corrected chi connectivity index (χ2v) is 9.54. The number of rotatable bonds is 2. The van der Waals surface area contributed by atoms with Crippen LogP contribution in [0.25, 0.3) is 50.1 Å². The molecular weight excluding hydrogens is 414 g/mol. The van der Waals surface area contributed by atoms with Crippen molar-refractivity contribution >= 4 is 21.8 Å². The molecule has 162 valence electrons. The van der Waals surface area contributed by atoms with Gasteiger partial charge in [-0.05, 0) is 63.4 Å². The molecule has 2 aromatic heterocycles. The predicted octanol–water partition coefficient (Wildman–Crippen LogP) is 7.55. The zero-order valence-corrected chi connectivity index (χ0v) is 19.2. The van der Waals surface area contributed by atoms with Crippen molar-refractivity contribution in [3.05, 3.63) is 114 Å². The first-order valence-corrected chi connectivity index (χ1v) is 11.7. The number of imidazole rings is 1. The van der Waals surface area contributed by atoms with Crippen LogP contribution in [0.4, 0.5) is 0 Å². The second-order valence-electron chi connectivity index (χ2n) is 9.54. The van der Waals surface area contributed by atoms with Gasteiger partial charge in [0.1, 0.15) is 5.69 Å². The lowest BCUT2D eigenvalue weighted by Crippen LogP contribution is -2.26. The molecule has 4 aromatic carbocycles. The molecule has 1 aliphatic heterocycles. The molecule has 0 atom stereocenters. The minimum absolute atomic E-state index is 0.160. The highest BCUT2D eigenvalue weighted by atomic mass is 15.1. The first kappa shape index (κ1) is 19.2.